The van der Waals surface area contributed by atoms with E-state index in [0.717, 1.165) is 10.9 Å². The first-order valence-corrected chi connectivity index (χ1v) is 8.28. The van der Waals surface area contributed by atoms with Crippen LogP contribution < -0.4 is 5.30 Å². The molecule has 0 amide bonds. The highest BCUT2D eigenvalue weighted by Gasteiger charge is 2.27. The number of hydrogen-bond donors (Lipinski definition) is 0. The summed E-state index contributed by atoms with van der Waals surface area (Å²) in [6.45, 7) is 3.83. The largest absolute Gasteiger partial charge is 0.322 e. The highest BCUT2D eigenvalue weighted by molar-refractivity contribution is 7.66. The van der Waals surface area contributed by atoms with E-state index < -0.39 is 7.37 Å². The lowest BCUT2D eigenvalue weighted by Crippen LogP contribution is -2.13. The Labute approximate surface area is 114 Å². The van der Waals surface area contributed by atoms with Crippen LogP contribution in [0.1, 0.15) is 19.4 Å². The molecule has 0 saturated carbocycles. The molecule has 0 unspecified atom stereocenters. The van der Waals surface area contributed by atoms with Crippen molar-refractivity contribution in [1.29, 1.82) is 0 Å². The fraction of sp³-hybridized carbons (Fsp3) is 0.250. The van der Waals surface area contributed by atoms with E-state index in [9.17, 15) is 4.57 Å². The van der Waals surface area contributed by atoms with Gasteiger partial charge in [0.15, 0.2) is 0 Å². The Morgan fingerprint density at radius 2 is 1.47 bits per heavy atom. The van der Waals surface area contributed by atoms with Crippen molar-refractivity contribution in [3.8, 4) is 0 Å². The van der Waals surface area contributed by atoms with Gasteiger partial charge in [0.1, 0.15) is 0 Å². The predicted octanol–water partition coefficient (Wildman–Crippen LogP) is 4.22. The topological polar surface area (TPSA) is 26.3 Å². The molecule has 0 aliphatic heterocycles. The molecule has 3 heteroatoms. The molecule has 2 aromatic rings. The van der Waals surface area contributed by atoms with Crippen LogP contribution in [0.2, 0.25) is 0 Å². The van der Waals surface area contributed by atoms with Gasteiger partial charge in [-0.3, -0.25) is 4.57 Å². The quantitative estimate of drug-likeness (QED) is 0.763. The number of hydrogen-bond acceptors (Lipinski definition) is 2. The molecule has 0 radical (unpaired) electrons. The van der Waals surface area contributed by atoms with Crippen LogP contribution in [0.3, 0.4) is 0 Å². The first kappa shape index (κ1) is 14.0. The van der Waals surface area contributed by atoms with Gasteiger partial charge >= 0.3 is 0 Å². The molecule has 2 rings (SSSR count). The molecule has 0 saturated heterocycles. The van der Waals surface area contributed by atoms with Crippen LogP contribution in [0, 0.1) is 0 Å². The van der Waals surface area contributed by atoms with E-state index >= 15 is 0 Å². The summed E-state index contributed by atoms with van der Waals surface area (Å²) in [5.74, 6) is 0. The van der Waals surface area contributed by atoms with Crippen molar-refractivity contribution in [1.82, 2.24) is 0 Å². The maximum absolute atomic E-state index is 13.2. The second-order valence-corrected chi connectivity index (χ2v) is 7.20. The first-order chi connectivity index (χ1) is 9.10. The first-order valence-electron chi connectivity index (χ1n) is 6.47. The lowest BCUT2D eigenvalue weighted by atomic mass is 10.2. The van der Waals surface area contributed by atoms with Crippen molar-refractivity contribution in [3.05, 3.63) is 66.2 Å². The third-order valence-electron chi connectivity index (χ3n) is 2.76. The Bertz CT molecular complexity index is 549. The van der Waals surface area contributed by atoms with Gasteiger partial charge in [-0.1, -0.05) is 48.5 Å². The summed E-state index contributed by atoms with van der Waals surface area (Å²) in [7, 11) is -2.85. The lowest BCUT2D eigenvalue weighted by Gasteiger charge is -2.21. The van der Waals surface area contributed by atoms with Gasteiger partial charge in [0.2, 0.25) is 7.37 Å². The lowest BCUT2D eigenvalue weighted by molar-refractivity contribution is 0.248. The smallest absolute Gasteiger partial charge is 0.236 e. The van der Waals surface area contributed by atoms with Gasteiger partial charge < -0.3 is 4.52 Å². The maximum Gasteiger partial charge on any atom is 0.236 e. The van der Waals surface area contributed by atoms with Crippen LogP contribution in [0.4, 0.5) is 0 Å². The van der Waals surface area contributed by atoms with Gasteiger partial charge in [0.05, 0.1) is 12.3 Å². The summed E-state index contributed by atoms with van der Waals surface area (Å²) in [6, 6.07) is 19.3. The minimum Gasteiger partial charge on any atom is -0.322 e. The second-order valence-electron chi connectivity index (χ2n) is 4.81. The molecule has 19 heavy (non-hydrogen) atoms. The minimum absolute atomic E-state index is 0.0604. The average molecular weight is 274 g/mol. The summed E-state index contributed by atoms with van der Waals surface area (Å²) >= 11 is 0. The normalized spacial score (nSPS) is 14.3. The summed E-state index contributed by atoms with van der Waals surface area (Å²) in [5.41, 5.74) is 1.04. The fourth-order valence-corrected chi connectivity index (χ4v) is 4.39. The molecule has 0 heterocycles. The van der Waals surface area contributed by atoms with Crippen LogP contribution in [0.5, 0.6) is 0 Å². The molecule has 0 N–H and O–H groups in total. The van der Waals surface area contributed by atoms with Gasteiger partial charge in [0, 0.05) is 5.30 Å². The Balaban J connectivity index is 2.33. The van der Waals surface area contributed by atoms with Crippen LogP contribution in [0.15, 0.2) is 60.7 Å². The van der Waals surface area contributed by atoms with Crippen LogP contribution in [-0.2, 0) is 15.3 Å². The zero-order chi connectivity index (χ0) is 13.7. The van der Waals surface area contributed by atoms with Gasteiger partial charge in [-0.15, -0.1) is 0 Å². The standard InChI is InChI=1S/C16H19O2P/c1-14(2)18-19(17,16-11-7-4-8-12-16)13-15-9-5-3-6-10-15/h3-12,14H,13H2,1-2H3/t19-/m1/s1. The number of rotatable bonds is 5. The van der Waals surface area contributed by atoms with Crippen molar-refractivity contribution >= 4 is 12.7 Å². The fourth-order valence-electron chi connectivity index (χ4n) is 2.01. The Kier molecular flexibility index (Phi) is 4.57. The molecule has 0 spiro atoms. The Hall–Kier alpha value is -1.37. The highest BCUT2D eigenvalue weighted by Crippen LogP contribution is 2.50. The molecule has 0 aliphatic carbocycles. The maximum atomic E-state index is 13.2. The molecule has 1 atom stereocenters. The van der Waals surface area contributed by atoms with Gasteiger partial charge in [-0.2, -0.15) is 0 Å². The third kappa shape index (κ3) is 3.79. The Morgan fingerprint density at radius 3 is 2.00 bits per heavy atom. The molecule has 2 aromatic carbocycles. The van der Waals surface area contributed by atoms with E-state index in [1.54, 1.807) is 0 Å². The van der Waals surface area contributed by atoms with Gasteiger partial charge in [-0.05, 0) is 31.5 Å². The van der Waals surface area contributed by atoms with Crippen molar-refractivity contribution in [3.63, 3.8) is 0 Å². The Morgan fingerprint density at radius 1 is 0.947 bits per heavy atom. The third-order valence-corrected chi connectivity index (χ3v) is 5.39. The predicted molar refractivity (Wildman–Crippen MR) is 80.0 cm³/mol. The summed E-state index contributed by atoms with van der Waals surface area (Å²) < 4.78 is 19.0. The minimum atomic E-state index is -2.85. The van der Waals surface area contributed by atoms with Crippen molar-refractivity contribution in [2.24, 2.45) is 0 Å². The average Bonchev–Trinajstić information content (AvgIpc) is 2.40. The molecular weight excluding hydrogens is 255 g/mol. The second kappa shape index (κ2) is 6.18. The monoisotopic (exact) mass is 274 g/mol. The van der Waals surface area contributed by atoms with Crippen molar-refractivity contribution in [2.45, 2.75) is 26.1 Å². The molecular formula is C16H19O2P. The van der Waals surface area contributed by atoms with E-state index in [1.807, 2.05) is 74.5 Å². The zero-order valence-electron chi connectivity index (χ0n) is 11.3. The van der Waals surface area contributed by atoms with Gasteiger partial charge in [-0.25, -0.2) is 0 Å². The summed E-state index contributed by atoms with van der Waals surface area (Å²) in [5, 5.41) is 0.785. The molecule has 0 aliphatic rings. The van der Waals surface area contributed by atoms with Crippen molar-refractivity contribution < 1.29 is 9.09 Å². The molecule has 0 fully saturated rings. The van der Waals surface area contributed by atoms with E-state index in [1.165, 1.54) is 0 Å². The highest BCUT2D eigenvalue weighted by atomic mass is 31.2. The molecule has 100 valence electrons. The van der Waals surface area contributed by atoms with E-state index in [2.05, 4.69) is 0 Å². The summed E-state index contributed by atoms with van der Waals surface area (Å²) in [6.07, 6.45) is 0.380. The molecule has 0 aromatic heterocycles. The van der Waals surface area contributed by atoms with Crippen molar-refractivity contribution in [2.75, 3.05) is 0 Å². The number of benzene rings is 2. The molecule has 0 bridgehead atoms. The SMILES string of the molecule is CC(C)O[P@](=O)(Cc1ccccc1)c1ccccc1. The molecule has 2 nitrogen and oxygen atoms in total. The van der Waals surface area contributed by atoms with Gasteiger partial charge in [0.25, 0.3) is 0 Å². The van der Waals surface area contributed by atoms with Crippen LogP contribution in [0.25, 0.3) is 0 Å². The van der Waals surface area contributed by atoms with Crippen LogP contribution in [-0.4, -0.2) is 6.10 Å². The van der Waals surface area contributed by atoms with E-state index in [0.29, 0.717) is 6.16 Å². The van der Waals surface area contributed by atoms with Crippen LogP contribution >= 0.6 is 7.37 Å². The van der Waals surface area contributed by atoms with E-state index in [4.69, 9.17) is 4.52 Å². The zero-order valence-corrected chi connectivity index (χ0v) is 12.2. The van der Waals surface area contributed by atoms with E-state index in [-0.39, 0.29) is 6.10 Å². The summed E-state index contributed by atoms with van der Waals surface area (Å²) in [4.78, 5) is 0.